The number of nitrogens with one attached hydrogen (secondary N) is 1. The minimum Gasteiger partial charge on any atom is -0.496 e. The van der Waals surface area contributed by atoms with Crippen LogP contribution in [-0.2, 0) is 14.4 Å². The van der Waals surface area contributed by atoms with Crippen molar-refractivity contribution in [3.05, 3.63) is 58.6 Å². The van der Waals surface area contributed by atoms with E-state index < -0.39 is 16.1 Å². The Morgan fingerprint density at radius 2 is 2.00 bits per heavy atom. The van der Waals surface area contributed by atoms with E-state index in [9.17, 15) is 24.5 Å². The molecule has 0 spiro atoms. The van der Waals surface area contributed by atoms with Crippen LogP contribution < -0.4 is 10.1 Å². The van der Waals surface area contributed by atoms with Gasteiger partial charge in [-0.15, -0.1) is 0 Å². The van der Waals surface area contributed by atoms with Gasteiger partial charge in [-0.1, -0.05) is 30.0 Å². The number of amidine groups is 1. The number of nitro groups is 1. The first-order chi connectivity index (χ1) is 17.9. The van der Waals surface area contributed by atoms with E-state index in [-0.39, 0.29) is 29.6 Å². The van der Waals surface area contributed by atoms with E-state index in [1.165, 1.54) is 37.1 Å². The molecule has 1 N–H and O–H groups in total. The third kappa shape index (κ3) is 6.45. The topological polar surface area (TPSA) is 134 Å². The highest BCUT2D eigenvalue weighted by atomic mass is 32.2. The molecular formula is C25H27N5O6S. The van der Waals surface area contributed by atoms with E-state index in [4.69, 9.17) is 4.74 Å². The van der Waals surface area contributed by atoms with Crippen LogP contribution in [0.5, 0.6) is 5.75 Å². The van der Waals surface area contributed by atoms with Crippen LogP contribution in [0.2, 0.25) is 0 Å². The summed E-state index contributed by atoms with van der Waals surface area (Å²) in [7, 11) is 1.39. The van der Waals surface area contributed by atoms with Crippen molar-refractivity contribution in [2.24, 2.45) is 4.99 Å². The van der Waals surface area contributed by atoms with Gasteiger partial charge in [-0.25, -0.2) is 4.99 Å². The molecule has 2 aliphatic rings. The van der Waals surface area contributed by atoms with E-state index in [2.05, 4.69) is 10.3 Å². The Bertz CT molecular complexity index is 1220. The number of hydrogen-bond donors (Lipinski definition) is 1. The number of para-hydroxylation sites is 1. The summed E-state index contributed by atoms with van der Waals surface area (Å²) in [5.74, 6) is -0.365. The summed E-state index contributed by atoms with van der Waals surface area (Å²) in [6, 6.07) is 13.3. The molecule has 2 saturated heterocycles. The number of thioether (sulfide) groups is 1. The van der Waals surface area contributed by atoms with Gasteiger partial charge in [-0.2, -0.15) is 0 Å². The molecule has 3 amide bonds. The van der Waals surface area contributed by atoms with E-state index in [1.54, 1.807) is 9.80 Å². The summed E-state index contributed by atoms with van der Waals surface area (Å²) in [4.78, 5) is 56.8. The number of nitro benzene ring substituents is 1. The van der Waals surface area contributed by atoms with Gasteiger partial charge >= 0.3 is 0 Å². The minimum atomic E-state index is -0.729. The maximum atomic E-state index is 13.3. The lowest BCUT2D eigenvalue weighted by atomic mass is 10.2. The molecule has 12 heteroatoms. The quantitative estimate of drug-likeness (QED) is 0.370. The summed E-state index contributed by atoms with van der Waals surface area (Å²) in [6.07, 6.45) is 1.81. The number of anilines is 1. The van der Waals surface area contributed by atoms with Gasteiger partial charge in [0.15, 0.2) is 5.17 Å². The van der Waals surface area contributed by atoms with Crippen LogP contribution in [0.1, 0.15) is 25.7 Å². The zero-order chi connectivity index (χ0) is 26.4. The molecule has 2 aromatic carbocycles. The molecule has 4 rings (SSSR count). The molecule has 37 heavy (non-hydrogen) atoms. The maximum Gasteiger partial charge on any atom is 0.296 e. The fourth-order valence-electron chi connectivity index (χ4n) is 4.17. The lowest BCUT2D eigenvalue weighted by Crippen LogP contribution is -2.36. The summed E-state index contributed by atoms with van der Waals surface area (Å²) >= 11 is 1.19. The molecule has 2 fully saturated rings. The molecular weight excluding hydrogens is 498 g/mol. The van der Waals surface area contributed by atoms with Gasteiger partial charge in [0, 0.05) is 32.5 Å². The number of aliphatic imine (C=N–C) groups is 1. The highest BCUT2D eigenvalue weighted by Crippen LogP contribution is 2.33. The fraction of sp³-hybridized carbons (Fsp3) is 0.360. The van der Waals surface area contributed by atoms with Crippen molar-refractivity contribution in [2.75, 3.05) is 32.1 Å². The zero-order valence-electron chi connectivity index (χ0n) is 20.3. The molecule has 0 saturated carbocycles. The van der Waals surface area contributed by atoms with Crippen molar-refractivity contribution >= 4 is 51.7 Å². The van der Waals surface area contributed by atoms with Gasteiger partial charge in [-0.3, -0.25) is 29.4 Å². The molecule has 1 atom stereocenters. The zero-order valence-corrected chi connectivity index (χ0v) is 21.1. The number of benzene rings is 2. The predicted molar refractivity (Wildman–Crippen MR) is 140 cm³/mol. The third-order valence-corrected chi connectivity index (χ3v) is 7.20. The molecule has 2 aromatic rings. The summed E-state index contributed by atoms with van der Waals surface area (Å²) in [5.41, 5.74) is 0.399. The summed E-state index contributed by atoms with van der Waals surface area (Å²) in [5, 5.41) is 13.7. The summed E-state index contributed by atoms with van der Waals surface area (Å²) < 4.78 is 5.02. The van der Waals surface area contributed by atoms with Crippen LogP contribution in [0.25, 0.3) is 0 Å². The number of methoxy groups -OCH3 is 1. The van der Waals surface area contributed by atoms with Crippen LogP contribution in [0.3, 0.4) is 0 Å². The second kappa shape index (κ2) is 11.9. The molecule has 2 aliphatic heterocycles. The van der Waals surface area contributed by atoms with Crippen molar-refractivity contribution in [3.63, 3.8) is 0 Å². The van der Waals surface area contributed by atoms with Crippen molar-refractivity contribution in [1.29, 1.82) is 0 Å². The minimum absolute atomic E-state index is 0.0246. The number of likely N-dealkylation sites (tertiary alicyclic amines) is 1. The molecule has 0 bridgehead atoms. The van der Waals surface area contributed by atoms with E-state index >= 15 is 0 Å². The van der Waals surface area contributed by atoms with Gasteiger partial charge in [-0.05, 0) is 37.1 Å². The maximum absolute atomic E-state index is 13.3. The number of nitrogens with zero attached hydrogens (tertiary/aromatic N) is 4. The number of amides is 3. The van der Waals surface area contributed by atoms with Gasteiger partial charge in [0.25, 0.3) is 5.69 Å². The first-order valence-electron chi connectivity index (χ1n) is 11.9. The molecule has 0 aliphatic carbocycles. The first-order valence-corrected chi connectivity index (χ1v) is 12.8. The Morgan fingerprint density at radius 3 is 2.68 bits per heavy atom. The SMILES string of the molecule is COc1ccc(NC(=O)CC2SC(=Nc3ccccc3)N(CCCN3CCCC3=O)C2=O)c([N+](=O)[O-])c1. The number of ether oxygens (including phenoxy) is 1. The second-order valence-electron chi connectivity index (χ2n) is 8.56. The van der Waals surface area contributed by atoms with Crippen molar-refractivity contribution < 1.29 is 24.0 Å². The normalized spacial score (nSPS) is 18.5. The van der Waals surface area contributed by atoms with Crippen molar-refractivity contribution in [2.45, 2.75) is 30.9 Å². The monoisotopic (exact) mass is 525 g/mol. The molecule has 0 radical (unpaired) electrons. The summed E-state index contributed by atoms with van der Waals surface area (Å²) in [6.45, 7) is 1.65. The molecule has 11 nitrogen and oxygen atoms in total. The fourth-order valence-corrected chi connectivity index (χ4v) is 5.35. The lowest BCUT2D eigenvalue weighted by molar-refractivity contribution is -0.384. The number of carbonyl (C=O) groups is 3. The Labute approximate surface area is 218 Å². The Morgan fingerprint density at radius 1 is 1.22 bits per heavy atom. The van der Waals surface area contributed by atoms with Gasteiger partial charge < -0.3 is 15.0 Å². The van der Waals surface area contributed by atoms with Crippen LogP contribution in [0.4, 0.5) is 17.1 Å². The van der Waals surface area contributed by atoms with E-state index in [1.807, 2.05) is 30.3 Å². The number of rotatable bonds is 10. The Balaban J connectivity index is 1.46. The predicted octanol–water partition coefficient (Wildman–Crippen LogP) is 3.58. The van der Waals surface area contributed by atoms with Crippen LogP contribution in [-0.4, -0.2) is 69.6 Å². The Hall–Kier alpha value is -3.93. The van der Waals surface area contributed by atoms with Gasteiger partial charge in [0.2, 0.25) is 17.7 Å². The number of carbonyl (C=O) groups excluding carboxylic acids is 3. The largest absolute Gasteiger partial charge is 0.496 e. The third-order valence-electron chi connectivity index (χ3n) is 6.03. The van der Waals surface area contributed by atoms with Crippen LogP contribution in [0, 0.1) is 10.1 Å². The molecule has 1 unspecified atom stereocenters. The van der Waals surface area contributed by atoms with Crippen LogP contribution >= 0.6 is 11.8 Å². The van der Waals surface area contributed by atoms with E-state index in [0.29, 0.717) is 42.5 Å². The van der Waals surface area contributed by atoms with Crippen molar-refractivity contribution in [1.82, 2.24) is 9.80 Å². The second-order valence-corrected chi connectivity index (χ2v) is 9.73. The lowest BCUT2D eigenvalue weighted by Gasteiger charge is -2.20. The van der Waals surface area contributed by atoms with E-state index in [0.717, 1.165) is 13.0 Å². The molecule has 194 valence electrons. The average Bonchev–Trinajstić information content (AvgIpc) is 3.42. The Kier molecular flexibility index (Phi) is 8.39. The average molecular weight is 526 g/mol. The smallest absolute Gasteiger partial charge is 0.296 e. The van der Waals surface area contributed by atoms with Gasteiger partial charge in [0.05, 0.1) is 23.8 Å². The highest BCUT2D eigenvalue weighted by molar-refractivity contribution is 8.15. The standard InChI is InChI=1S/C25H27N5O6S/c1-36-18-10-11-19(20(15-18)30(34)35)27-22(31)16-21-24(33)29(14-6-13-28-12-5-9-23(28)32)25(37-21)26-17-7-3-2-4-8-17/h2-4,7-8,10-11,15,21H,5-6,9,12-14,16H2,1H3,(H,27,31). The van der Waals surface area contributed by atoms with Crippen molar-refractivity contribution in [3.8, 4) is 5.75 Å². The van der Waals surface area contributed by atoms with Crippen LogP contribution in [0.15, 0.2) is 53.5 Å². The first kappa shape index (κ1) is 26.1. The van der Waals surface area contributed by atoms with Gasteiger partial charge in [0.1, 0.15) is 16.7 Å². The number of hydrogen-bond acceptors (Lipinski definition) is 8. The highest BCUT2D eigenvalue weighted by Gasteiger charge is 2.39. The molecule has 2 heterocycles. The molecule has 0 aromatic heterocycles.